The topological polar surface area (TPSA) is 0 Å². The van der Waals surface area contributed by atoms with Crippen LogP contribution in [0.1, 0.15) is 46.0 Å². The van der Waals surface area contributed by atoms with Crippen LogP contribution < -0.4 is 0 Å². The van der Waals surface area contributed by atoms with E-state index in [-0.39, 0.29) is 0 Å². The van der Waals surface area contributed by atoms with Crippen molar-refractivity contribution in [3.05, 3.63) is 12.2 Å². The lowest BCUT2D eigenvalue weighted by Gasteiger charge is -2.10. The predicted octanol–water partition coefficient (Wildman–Crippen LogP) is 3.53. The van der Waals surface area contributed by atoms with E-state index in [1.54, 1.807) is 0 Å². The van der Waals surface area contributed by atoms with Gasteiger partial charge in [-0.15, -0.1) is 0 Å². The Balaban J connectivity index is 0.000000291. The summed E-state index contributed by atoms with van der Waals surface area (Å²) >= 11 is 0. The summed E-state index contributed by atoms with van der Waals surface area (Å²) < 4.78 is 0. The van der Waals surface area contributed by atoms with Gasteiger partial charge >= 0.3 is 0 Å². The standard InChI is InChI=1S/C7H12.C2H6/c1-7-5-3-2-4-6-7;1-2/h1-6H2;1-2H3. The Morgan fingerprint density at radius 1 is 1.00 bits per heavy atom. The summed E-state index contributed by atoms with van der Waals surface area (Å²) in [6.07, 6.45) is 6.79. The maximum Gasteiger partial charge on any atom is -0.0323 e. The quantitative estimate of drug-likeness (QED) is 0.435. The Morgan fingerprint density at radius 2 is 1.44 bits per heavy atom. The summed E-state index contributed by atoms with van der Waals surface area (Å²) in [7, 11) is 0. The molecule has 0 N–H and O–H groups in total. The number of allylic oxidation sites excluding steroid dienone is 1. The van der Waals surface area contributed by atoms with E-state index in [0.717, 1.165) is 0 Å². The summed E-state index contributed by atoms with van der Waals surface area (Å²) in [5.74, 6) is 0. The lowest BCUT2D eigenvalue weighted by atomic mass is 9.97. The third-order valence-corrected chi connectivity index (χ3v) is 1.56. The lowest BCUT2D eigenvalue weighted by Crippen LogP contribution is -1.90. The first-order chi connectivity index (χ1) is 4.39. The molecule has 0 aliphatic heterocycles. The Hall–Kier alpha value is -0.260. The van der Waals surface area contributed by atoms with Gasteiger partial charge in [0.25, 0.3) is 0 Å². The maximum atomic E-state index is 3.91. The number of hydrogen-bond acceptors (Lipinski definition) is 0. The Labute approximate surface area is 59.0 Å². The molecule has 1 rings (SSSR count). The van der Waals surface area contributed by atoms with Gasteiger partial charge in [-0.1, -0.05) is 32.4 Å². The maximum absolute atomic E-state index is 3.91. The molecule has 0 radical (unpaired) electrons. The van der Waals surface area contributed by atoms with Crippen LogP contribution in [0, 0.1) is 0 Å². The number of hydrogen-bond donors (Lipinski definition) is 0. The third-order valence-electron chi connectivity index (χ3n) is 1.56. The Morgan fingerprint density at radius 3 is 1.67 bits per heavy atom. The highest BCUT2D eigenvalue weighted by Gasteiger charge is 2.00. The molecule has 1 aliphatic rings. The van der Waals surface area contributed by atoms with Crippen molar-refractivity contribution in [3.8, 4) is 0 Å². The normalized spacial score (nSPS) is 18.2. The minimum atomic E-state index is 1.29. The summed E-state index contributed by atoms with van der Waals surface area (Å²) in [6.45, 7) is 7.91. The van der Waals surface area contributed by atoms with Crippen LogP contribution in [0.25, 0.3) is 0 Å². The van der Waals surface area contributed by atoms with Gasteiger partial charge in [0.2, 0.25) is 0 Å². The second kappa shape index (κ2) is 5.87. The fourth-order valence-electron chi connectivity index (χ4n) is 1.05. The van der Waals surface area contributed by atoms with E-state index in [4.69, 9.17) is 0 Å². The van der Waals surface area contributed by atoms with Crippen LogP contribution >= 0.6 is 0 Å². The molecule has 0 nitrogen and oxygen atoms in total. The van der Waals surface area contributed by atoms with Crippen molar-refractivity contribution in [1.29, 1.82) is 0 Å². The van der Waals surface area contributed by atoms with Crippen molar-refractivity contribution >= 4 is 0 Å². The minimum Gasteiger partial charge on any atom is -0.0999 e. The van der Waals surface area contributed by atoms with Crippen LogP contribution in [0.15, 0.2) is 12.2 Å². The third kappa shape index (κ3) is 4.26. The van der Waals surface area contributed by atoms with E-state index in [2.05, 4.69) is 6.58 Å². The highest BCUT2D eigenvalue weighted by atomic mass is 14.1. The second-order valence-electron chi connectivity index (χ2n) is 2.31. The zero-order valence-corrected chi connectivity index (χ0v) is 6.74. The summed E-state index contributed by atoms with van der Waals surface area (Å²) in [4.78, 5) is 0. The molecule has 54 valence electrons. The summed E-state index contributed by atoms with van der Waals surface area (Å²) in [5, 5.41) is 0. The SMILES string of the molecule is C=C1CCCCC1.CC. The van der Waals surface area contributed by atoms with Gasteiger partial charge in [0.1, 0.15) is 0 Å². The summed E-state index contributed by atoms with van der Waals surface area (Å²) in [5.41, 5.74) is 1.46. The molecule has 0 spiro atoms. The van der Waals surface area contributed by atoms with Gasteiger partial charge in [0.05, 0.1) is 0 Å². The van der Waals surface area contributed by atoms with Crippen molar-refractivity contribution in [1.82, 2.24) is 0 Å². The fourth-order valence-corrected chi connectivity index (χ4v) is 1.05. The second-order valence-corrected chi connectivity index (χ2v) is 2.31. The molecular weight excluding hydrogens is 108 g/mol. The molecule has 0 unspecified atom stereocenters. The lowest BCUT2D eigenvalue weighted by molar-refractivity contribution is 0.601. The van der Waals surface area contributed by atoms with Crippen LogP contribution in [-0.4, -0.2) is 0 Å². The van der Waals surface area contributed by atoms with Gasteiger partial charge in [0.15, 0.2) is 0 Å². The molecule has 1 fully saturated rings. The summed E-state index contributed by atoms with van der Waals surface area (Å²) in [6, 6.07) is 0. The van der Waals surface area contributed by atoms with Crippen molar-refractivity contribution in [3.63, 3.8) is 0 Å². The van der Waals surface area contributed by atoms with Crippen LogP contribution in [0.3, 0.4) is 0 Å². The van der Waals surface area contributed by atoms with E-state index < -0.39 is 0 Å². The Kier molecular flexibility index (Phi) is 5.70. The molecular formula is C9H18. The smallest absolute Gasteiger partial charge is 0.0323 e. The monoisotopic (exact) mass is 126 g/mol. The van der Waals surface area contributed by atoms with E-state index in [0.29, 0.717) is 0 Å². The van der Waals surface area contributed by atoms with Crippen molar-refractivity contribution < 1.29 is 0 Å². The first-order valence-electron chi connectivity index (χ1n) is 4.06. The molecule has 9 heavy (non-hydrogen) atoms. The van der Waals surface area contributed by atoms with Crippen LogP contribution in [0.5, 0.6) is 0 Å². The zero-order chi connectivity index (χ0) is 7.11. The van der Waals surface area contributed by atoms with E-state index in [1.165, 1.54) is 37.7 Å². The molecule has 0 saturated heterocycles. The Bertz CT molecular complexity index is 64.1. The first kappa shape index (κ1) is 8.74. The minimum absolute atomic E-state index is 1.29. The van der Waals surface area contributed by atoms with Crippen molar-refractivity contribution in [2.45, 2.75) is 46.0 Å². The van der Waals surface area contributed by atoms with Crippen LogP contribution in [0.4, 0.5) is 0 Å². The zero-order valence-electron chi connectivity index (χ0n) is 6.74. The van der Waals surface area contributed by atoms with Crippen molar-refractivity contribution in [2.75, 3.05) is 0 Å². The van der Waals surface area contributed by atoms with E-state index >= 15 is 0 Å². The molecule has 0 atom stereocenters. The highest BCUT2D eigenvalue weighted by Crippen LogP contribution is 2.20. The van der Waals surface area contributed by atoms with Gasteiger partial charge in [-0.05, 0) is 25.7 Å². The van der Waals surface area contributed by atoms with E-state index in [1.807, 2.05) is 13.8 Å². The molecule has 0 aromatic heterocycles. The van der Waals surface area contributed by atoms with Crippen LogP contribution in [-0.2, 0) is 0 Å². The van der Waals surface area contributed by atoms with Gasteiger partial charge < -0.3 is 0 Å². The van der Waals surface area contributed by atoms with Gasteiger partial charge in [0, 0.05) is 0 Å². The molecule has 0 heterocycles. The van der Waals surface area contributed by atoms with E-state index in [9.17, 15) is 0 Å². The van der Waals surface area contributed by atoms with Gasteiger partial charge in [-0.3, -0.25) is 0 Å². The predicted molar refractivity (Wildman–Crippen MR) is 43.6 cm³/mol. The fraction of sp³-hybridized carbons (Fsp3) is 0.778. The molecule has 1 saturated carbocycles. The highest BCUT2D eigenvalue weighted by molar-refractivity contribution is 4.95. The number of rotatable bonds is 0. The molecule has 0 bridgehead atoms. The molecule has 0 aromatic carbocycles. The molecule has 1 aliphatic carbocycles. The first-order valence-corrected chi connectivity index (χ1v) is 4.06. The molecule has 0 heteroatoms. The molecule has 0 amide bonds. The van der Waals surface area contributed by atoms with Gasteiger partial charge in [-0.2, -0.15) is 0 Å². The van der Waals surface area contributed by atoms with Crippen LogP contribution in [0.2, 0.25) is 0 Å². The van der Waals surface area contributed by atoms with Gasteiger partial charge in [-0.25, -0.2) is 0 Å². The molecule has 0 aromatic rings. The largest absolute Gasteiger partial charge is 0.0999 e. The van der Waals surface area contributed by atoms with Crippen molar-refractivity contribution in [2.24, 2.45) is 0 Å². The average Bonchev–Trinajstić information content (AvgIpc) is 1.94. The average molecular weight is 126 g/mol.